The monoisotopic (exact) mass is 784 g/mol. The van der Waals surface area contributed by atoms with E-state index in [1.54, 1.807) is 19.3 Å². The number of carboxylic acids is 1. The fourth-order valence-corrected chi connectivity index (χ4v) is 7.91. The number of nitrogens with two attached hydrogens (primary N) is 1. The molecule has 0 bridgehead atoms. The van der Waals surface area contributed by atoms with Crippen LogP contribution >= 0.6 is 23.3 Å². The number of fused-ring (bicyclic) bond motifs is 1. The van der Waals surface area contributed by atoms with Crippen molar-refractivity contribution in [3.05, 3.63) is 59.3 Å². The van der Waals surface area contributed by atoms with Crippen LogP contribution in [0, 0.1) is 0 Å². The average molecular weight is 785 g/mol. The first-order chi connectivity index (χ1) is 26.2. The SMILES string of the molecule is CCCCCCCC/C=C\CCCCCCCC(=O)OCc1cc[n+](CC2=C(C(=O)O)N3C(=O)C(NC(=O)C(=NOCC)c4nsc(N)n4)[C@H]3SC2)cc1. The molecule has 14 nitrogen and oxygen atoms in total. The molecule has 4 rings (SSSR count). The van der Waals surface area contributed by atoms with Gasteiger partial charge in [-0.15, -0.1) is 11.8 Å². The van der Waals surface area contributed by atoms with Crippen LogP contribution in [0.25, 0.3) is 0 Å². The van der Waals surface area contributed by atoms with Crippen molar-refractivity contribution in [2.45, 2.75) is 128 Å². The Labute approximate surface area is 325 Å². The first-order valence-electron chi connectivity index (χ1n) is 19.0. The zero-order valence-corrected chi connectivity index (χ0v) is 33.0. The summed E-state index contributed by atoms with van der Waals surface area (Å²) in [7, 11) is 0. The first kappa shape index (κ1) is 42.4. The van der Waals surface area contributed by atoms with Crippen molar-refractivity contribution < 1.29 is 38.4 Å². The zero-order valence-electron chi connectivity index (χ0n) is 31.4. The van der Waals surface area contributed by atoms with Gasteiger partial charge in [0.05, 0.1) is 0 Å². The number of hydrogen-bond donors (Lipinski definition) is 3. The molecule has 2 amide bonds. The fourth-order valence-electron chi connectivity index (χ4n) is 6.15. The average Bonchev–Trinajstić information content (AvgIpc) is 3.60. The van der Waals surface area contributed by atoms with E-state index in [2.05, 4.69) is 38.9 Å². The van der Waals surface area contributed by atoms with Crippen molar-refractivity contribution in [1.82, 2.24) is 19.6 Å². The number of nitrogen functional groups attached to an aromatic ring is 1. The van der Waals surface area contributed by atoms with E-state index in [1.807, 2.05) is 16.7 Å². The number of nitrogens with one attached hydrogen (secondary N) is 1. The molecule has 2 aromatic rings. The van der Waals surface area contributed by atoms with Gasteiger partial charge in [-0.1, -0.05) is 75.6 Å². The number of carbonyl (C=O) groups excluding carboxylic acids is 3. The Hall–Kier alpha value is -4.31. The van der Waals surface area contributed by atoms with Crippen molar-refractivity contribution in [2.24, 2.45) is 5.16 Å². The van der Waals surface area contributed by atoms with Crippen LogP contribution < -0.4 is 15.6 Å². The minimum absolute atomic E-state index is 0.0354. The molecule has 1 fully saturated rings. The van der Waals surface area contributed by atoms with Crippen LogP contribution in [-0.2, 0) is 41.9 Å². The number of allylic oxidation sites excluding steroid dienone is 2. The van der Waals surface area contributed by atoms with E-state index in [0.717, 1.165) is 42.8 Å². The maximum Gasteiger partial charge on any atom is 0.352 e. The molecule has 54 heavy (non-hydrogen) atoms. The lowest BCUT2D eigenvalue weighted by molar-refractivity contribution is -0.689. The van der Waals surface area contributed by atoms with E-state index in [1.165, 1.54) is 74.4 Å². The molecule has 0 spiro atoms. The van der Waals surface area contributed by atoms with E-state index in [4.69, 9.17) is 15.3 Å². The largest absolute Gasteiger partial charge is 0.477 e. The molecule has 4 N–H and O–H groups in total. The minimum Gasteiger partial charge on any atom is -0.477 e. The highest BCUT2D eigenvalue weighted by molar-refractivity contribution is 8.00. The number of β-lactam (4-membered cyclic amide) rings is 1. The highest BCUT2D eigenvalue weighted by atomic mass is 32.2. The number of carboxylic acid groups (broad SMARTS) is 1. The number of aliphatic carboxylic acids is 1. The maximum atomic E-state index is 13.2. The number of hydrogen-bond acceptors (Lipinski definition) is 12. The van der Waals surface area contributed by atoms with Gasteiger partial charge < -0.3 is 25.7 Å². The van der Waals surface area contributed by atoms with Crippen LogP contribution in [0.4, 0.5) is 5.13 Å². The fraction of sp³-hybridized carbons (Fsp3) is 0.579. The van der Waals surface area contributed by atoms with Gasteiger partial charge in [0, 0.05) is 47.0 Å². The Morgan fingerprint density at radius 1 is 1.04 bits per heavy atom. The summed E-state index contributed by atoms with van der Waals surface area (Å²) >= 11 is 2.24. The first-order valence-corrected chi connectivity index (χ1v) is 20.8. The number of unbranched alkanes of at least 4 members (excludes halogenated alkanes) is 11. The van der Waals surface area contributed by atoms with Crippen LogP contribution in [-0.4, -0.2) is 72.6 Å². The van der Waals surface area contributed by atoms with Crippen LogP contribution in [0.1, 0.15) is 115 Å². The summed E-state index contributed by atoms with van der Waals surface area (Å²) in [6.45, 7) is 4.52. The predicted octanol–water partition coefficient (Wildman–Crippen LogP) is 5.67. The molecule has 0 aliphatic carbocycles. The van der Waals surface area contributed by atoms with Gasteiger partial charge in [0.15, 0.2) is 24.1 Å². The van der Waals surface area contributed by atoms with E-state index < -0.39 is 29.2 Å². The van der Waals surface area contributed by atoms with Gasteiger partial charge in [0.25, 0.3) is 11.8 Å². The molecule has 2 atom stereocenters. The summed E-state index contributed by atoms with van der Waals surface area (Å²) in [5, 5.41) is 16.1. The van der Waals surface area contributed by atoms with E-state index >= 15 is 0 Å². The summed E-state index contributed by atoms with van der Waals surface area (Å²) in [6.07, 6.45) is 24.3. The molecule has 2 aliphatic rings. The molecule has 0 radical (unpaired) electrons. The third kappa shape index (κ3) is 12.9. The molecule has 16 heteroatoms. The van der Waals surface area contributed by atoms with Gasteiger partial charge in [0.2, 0.25) is 11.5 Å². The number of anilines is 1. The number of thioether (sulfide) groups is 1. The minimum atomic E-state index is -1.23. The second-order valence-corrected chi connectivity index (χ2v) is 15.2. The summed E-state index contributed by atoms with van der Waals surface area (Å²) in [5.74, 6) is -2.45. The maximum absolute atomic E-state index is 13.2. The smallest absolute Gasteiger partial charge is 0.352 e. The number of esters is 1. The number of aromatic nitrogens is 3. The molecule has 0 aromatic carbocycles. The van der Waals surface area contributed by atoms with Crippen LogP contribution in [0.2, 0.25) is 0 Å². The Kier molecular flexibility index (Phi) is 17.9. The predicted molar refractivity (Wildman–Crippen MR) is 208 cm³/mol. The van der Waals surface area contributed by atoms with Crippen molar-refractivity contribution in [2.75, 3.05) is 18.1 Å². The van der Waals surface area contributed by atoms with E-state index in [-0.39, 0.29) is 48.1 Å². The lowest BCUT2D eigenvalue weighted by atomic mass is 10.0. The molecular weight excluding hydrogens is 731 g/mol. The third-order valence-corrected chi connectivity index (χ3v) is 10.9. The van der Waals surface area contributed by atoms with Crippen molar-refractivity contribution in [1.29, 1.82) is 0 Å². The van der Waals surface area contributed by atoms with Crippen LogP contribution in [0.15, 0.2) is 53.1 Å². The standard InChI is InChI=1S/C38H53N7O7S2/c1-3-5-6-7-8-9-10-11-12-13-14-15-16-17-18-19-29(46)51-25-27-20-22-44(23-21-27)24-28-26-53-36-31(35(48)45(36)32(28)37(49)50)40-34(47)30(42-52-4-2)33-41-38(39)54-43-33/h11-12,20-23,31,36H,3-10,13-19,24-26H2,1-2H3,(H3-,39,40,41,43,47,49,50)/p+1/b12-11-,42-30?/t31?,36-/m1/s1. The third-order valence-electron chi connectivity index (χ3n) is 9.07. The van der Waals surface area contributed by atoms with Crippen molar-refractivity contribution >= 4 is 57.9 Å². The quantitative estimate of drug-likeness (QED) is 0.0214. The second-order valence-electron chi connectivity index (χ2n) is 13.3. The molecular formula is C38H54N7O7S2+. The molecule has 0 saturated carbocycles. The number of pyridine rings is 1. The van der Waals surface area contributed by atoms with Gasteiger partial charge in [-0.2, -0.15) is 9.36 Å². The normalized spacial score (nSPS) is 17.0. The lowest BCUT2D eigenvalue weighted by Crippen LogP contribution is -2.71. The Morgan fingerprint density at radius 2 is 1.70 bits per heavy atom. The van der Waals surface area contributed by atoms with Crippen molar-refractivity contribution in [3.8, 4) is 0 Å². The molecule has 294 valence electrons. The Balaban J connectivity index is 1.16. The van der Waals surface area contributed by atoms with Gasteiger partial charge >= 0.3 is 11.9 Å². The number of oxime groups is 1. The lowest BCUT2D eigenvalue weighted by Gasteiger charge is -2.49. The molecule has 1 saturated heterocycles. The number of amides is 2. The molecule has 2 aromatic heterocycles. The van der Waals surface area contributed by atoms with Gasteiger partial charge in [-0.3, -0.25) is 19.3 Å². The van der Waals surface area contributed by atoms with Gasteiger partial charge in [-0.25, -0.2) is 9.36 Å². The van der Waals surface area contributed by atoms with E-state index in [9.17, 15) is 24.3 Å². The highest BCUT2D eigenvalue weighted by Crippen LogP contribution is 2.40. The molecule has 4 heterocycles. The number of ether oxygens (including phenoxy) is 1. The summed E-state index contributed by atoms with van der Waals surface area (Å²) in [6, 6.07) is 2.66. The Bertz CT molecular complexity index is 1640. The zero-order chi connectivity index (χ0) is 38.7. The summed E-state index contributed by atoms with van der Waals surface area (Å²) in [5.41, 5.74) is 6.68. The number of carbonyl (C=O) groups is 4. The van der Waals surface area contributed by atoms with Crippen molar-refractivity contribution in [3.63, 3.8) is 0 Å². The van der Waals surface area contributed by atoms with Gasteiger partial charge in [-0.05, 0) is 39.0 Å². The topological polar surface area (TPSA) is 190 Å². The number of nitrogens with zero attached hydrogens (tertiary/aromatic N) is 5. The molecule has 2 aliphatic heterocycles. The van der Waals surface area contributed by atoms with E-state index in [0.29, 0.717) is 17.7 Å². The Morgan fingerprint density at radius 3 is 2.33 bits per heavy atom. The summed E-state index contributed by atoms with van der Waals surface area (Å²) < 4.78 is 11.3. The summed E-state index contributed by atoms with van der Waals surface area (Å²) in [4.78, 5) is 61.2. The van der Waals surface area contributed by atoms with Gasteiger partial charge in [0.1, 0.15) is 30.3 Å². The second kappa shape index (κ2) is 22.8. The van der Waals surface area contributed by atoms with Crippen LogP contribution in [0.5, 0.6) is 0 Å². The molecule has 1 unspecified atom stereocenters. The highest BCUT2D eigenvalue weighted by Gasteiger charge is 2.55. The number of rotatable bonds is 25. The van der Waals surface area contributed by atoms with Crippen LogP contribution in [0.3, 0.4) is 0 Å².